The average molecular weight is 386 g/mol. The highest BCUT2D eigenvalue weighted by Crippen LogP contribution is 2.17. The van der Waals surface area contributed by atoms with Gasteiger partial charge in [0.2, 0.25) is 0 Å². The fourth-order valence-corrected chi connectivity index (χ4v) is 3.11. The number of nitrogens with one attached hydrogen (secondary N) is 2. The third kappa shape index (κ3) is 4.69. The van der Waals surface area contributed by atoms with Gasteiger partial charge < -0.3 is 14.2 Å². The Morgan fingerprint density at radius 1 is 1.37 bits per heavy atom. The van der Waals surface area contributed by atoms with E-state index in [0.717, 1.165) is 17.1 Å². The molecule has 0 aliphatic carbocycles. The molecule has 0 aliphatic rings. The van der Waals surface area contributed by atoms with Gasteiger partial charge in [-0.15, -0.1) is 0 Å². The SMILES string of the molecule is Cn1cncc1CN[C@@H](CCCn1c(-c2ccccc2)n[nH]c1=S)C(=O)O. The zero-order valence-electron chi connectivity index (χ0n) is 15.0. The van der Waals surface area contributed by atoms with Gasteiger partial charge in [-0.05, 0) is 25.1 Å². The van der Waals surface area contributed by atoms with Gasteiger partial charge in [-0.2, -0.15) is 5.10 Å². The molecule has 3 rings (SSSR count). The second-order valence-electron chi connectivity index (χ2n) is 6.28. The predicted molar refractivity (Wildman–Crippen MR) is 104 cm³/mol. The minimum absolute atomic E-state index is 0.452. The lowest BCUT2D eigenvalue weighted by Gasteiger charge is -2.15. The number of aromatic nitrogens is 5. The number of aromatic amines is 1. The Balaban J connectivity index is 1.61. The van der Waals surface area contributed by atoms with Crippen molar-refractivity contribution < 1.29 is 9.90 Å². The van der Waals surface area contributed by atoms with Crippen LogP contribution in [0, 0.1) is 4.77 Å². The first-order valence-corrected chi connectivity index (χ1v) is 9.09. The van der Waals surface area contributed by atoms with Crippen LogP contribution in [0.2, 0.25) is 0 Å². The third-order valence-electron chi connectivity index (χ3n) is 4.41. The molecule has 9 heteroatoms. The molecule has 0 saturated carbocycles. The van der Waals surface area contributed by atoms with Gasteiger partial charge in [0.05, 0.1) is 12.0 Å². The first kappa shape index (κ1) is 19.0. The number of benzene rings is 1. The van der Waals surface area contributed by atoms with E-state index in [9.17, 15) is 9.90 Å². The number of rotatable bonds is 9. The molecule has 3 aromatic rings. The first-order valence-electron chi connectivity index (χ1n) is 8.68. The number of carboxylic acid groups (broad SMARTS) is 1. The smallest absolute Gasteiger partial charge is 0.320 e. The van der Waals surface area contributed by atoms with Crippen LogP contribution in [0.15, 0.2) is 42.9 Å². The number of hydrogen-bond donors (Lipinski definition) is 3. The number of aryl methyl sites for hydroxylation is 1. The lowest BCUT2D eigenvalue weighted by Crippen LogP contribution is -2.36. The zero-order valence-corrected chi connectivity index (χ0v) is 15.8. The summed E-state index contributed by atoms with van der Waals surface area (Å²) in [5.74, 6) is -0.105. The van der Waals surface area contributed by atoms with Gasteiger partial charge in [0.15, 0.2) is 10.6 Å². The van der Waals surface area contributed by atoms with E-state index in [0.29, 0.717) is 30.7 Å². The number of hydrogen-bond acceptors (Lipinski definition) is 5. The third-order valence-corrected chi connectivity index (χ3v) is 4.72. The molecular formula is C18H22N6O2S. The molecule has 0 saturated heterocycles. The van der Waals surface area contributed by atoms with E-state index in [-0.39, 0.29) is 0 Å². The fraction of sp³-hybridized carbons (Fsp3) is 0.333. The maximum Gasteiger partial charge on any atom is 0.320 e. The molecule has 0 amide bonds. The zero-order chi connectivity index (χ0) is 19.2. The number of nitrogens with zero attached hydrogens (tertiary/aromatic N) is 4. The molecule has 0 unspecified atom stereocenters. The molecule has 0 fully saturated rings. The lowest BCUT2D eigenvalue weighted by molar-refractivity contribution is -0.139. The van der Waals surface area contributed by atoms with Gasteiger partial charge >= 0.3 is 5.97 Å². The van der Waals surface area contributed by atoms with E-state index in [1.54, 1.807) is 12.5 Å². The minimum atomic E-state index is -0.865. The quantitative estimate of drug-likeness (QED) is 0.488. The number of imidazole rings is 1. The first-order chi connectivity index (χ1) is 13.1. The molecular weight excluding hydrogens is 364 g/mol. The molecule has 0 radical (unpaired) electrons. The lowest BCUT2D eigenvalue weighted by atomic mass is 10.1. The summed E-state index contributed by atoms with van der Waals surface area (Å²) in [7, 11) is 1.88. The van der Waals surface area contributed by atoms with Crippen molar-refractivity contribution >= 4 is 18.2 Å². The molecule has 1 atom stereocenters. The monoisotopic (exact) mass is 386 g/mol. The van der Waals surface area contributed by atoms with Crippen LogP contribution >= 0.6 is 12.2 Å². The number of carbonyl (C=O) groups is 1. The number of carboxylic acids is 1. The molecule has 0 bridgehead atoms. The molecule has 8 nitrogen and oxygen atoms in total. The Kier molecular flexibility index (Phi) is 6.15. The summed E-state index contributed by atoms with van der Waals surface area (Å²) in [6.45, 7) is 1.05. The fourth-order valence-electron chi connectivity index (χ4n) is 2.88. The molecule has 0 spiro atoms. The van der Waals surface area contributed by atoms with Crippen molar-refractivity contribution in [1.29, 1.82) is 0 Å². The van der Waals surface area contributed by atoms with Crippen LogP contribution in [-0.2, 0) is 24.9 Å². The van der Waals surface area contributed by atoms with E-state index in [1.807, 2.05) is 46.5 Å². The minimum Gasteiger partial charge on any atom is -0.480 e. The van der Waals surface area contributed by atoms with Crippen LogP contribution < -0.4 is 5.32 Å². The van der Waals surface area contributed by atoms with Crippen molar-refractivity contribution in [3.8, 4) is 11.4 Å². The topological polar surface area (TPSA) is 101 Å². The summed E-state index contributed by atoms with van der Waals surface area (Å²) in [6.07, 6.45) is 4.55. The van der Waals surface area contributed by atoms with E-state index < -0.39 is 12.0 Å². The number of H-pyrrole nitrogens is 1. The van der Waals surface area contributed by atoms with Gasteiger partial charge in [-0.3, -0.25) is 15.2 Å². The van der Waals surface area contributed by atoms with Crippen LogP contribution in [0.25, 0.3) is 11.4 Å². The van der Waals surface area contributed by atoms with Crippen LogP contribution in [0.1, 0.15) is 18.5 Å². The van der Waals surface area contributed by atoms with Crippen LogP contribution in [-0.4, -0.2) is 41.4 Å². The number of aliphatic carboxylic acids is 1. The molecule has 2 aromatic heterocycles. The molecule has 0 aliphatic heterocycles. The second-order valence-corrected chi connectivity index (χ2v) is 6.67. The van der Waals surface area contributed by atoms with Crippen LogP contribution in [0.3, 0.4) is 0 Å². The largest absolute Gasteiger partial charge is 0.480 e. The maximum absolute atomic E-state index is 11.6. The van der Waals surface area contributed by atoms with E-state index >= 15 is 0 Å². The van der Waals surface area contributed by atoms with Gasteiger partial charge in [0.1, 0.15) is 6.04 Å². The molecule has 1 aromatic carbocycles. The van der Waals surface area contributed by atoms with Crippen molar-refractivity contribution in [3.63, 3.8) is 0 Å². The van der Waals surface area contributed by atoms with Crippen molar-refractivity contribution in [2.75, 3.05) is 0 Å². The summed E-state index contributed by atoms with van der Waals surface area (Å²) in [4.78, 5) is 15.6. The molecule has 3 N–H and O–H groups in total. The Morgan fingerprint density at radius 2 is 2.15 bits per heavy atom. The van der Waals surface area contributed by atoms with Crippen LogP contribution in [0.4, 0.5) is 0 Å². The Bertz CT molecular complexity index is 946. The van der Waals surface area contributed by atoms with Crippen molar-refractivity contribution in [1.82, 2.24) is 29.6 Å². The molecule has 2 heterocycles. The Labute approximate surface area is 161 Å². The van der Waals surface area contributed by atoms with Gasteiger partial charge in [-0.25, -0.2) is 4.98 Å². The van der Waals surface area contributed by atoms with E-state index in [4.69, 9.17) is 12.2 Å². The summed E-state index contributed by atoms with van der Waals surface area (Å²) >= 11 is 5.33. The van der Waals surface area contributed by atoms with E-state index in [2.05, 4.69) is 20.5 Å². The predicted octanol–water partition coefficient (Wildman–Crippen LogP) is 2.36. The van der Waals surface area contributed by atoms with Crippen molar-refractivity contribution in [2.24, 2.45) is 7.05 Å². The average Bonchev–Trinajstić information content (AvgIpc) is 3.24. The Morgan fingerprint density at radius 3 is 2.81 bits per heavy atom. The van der Waals surface area contributed by atoms with Gasteiger partial charge in [0.25, 0.3) is 0 Å². The standard InChI is InChI=1S/C18H22N6O2S/c1-23-12-19-10-14(23)11-20-15(17(25)26)8-5-9-24-16(21-22-18(24)27)13-6-3-2-4-7-13/h2-4,6-7,10,12,15,20H,5,8-9,11H2,1H3,(H,22,27)(H,25,26)/t15-/m0/s1. The highest BCUT2D eigenvalue weighted by atomic mass is 32.1. The van der Waals surface area contributed by atoms with Crippen LogP contribution in [0.5, 0.6) is 0 Å². The van der Waals surface area contributed by atoms with Crippen molar-refractivity contribution in [3.05, 3.63) is 53.3 Å². The highest BCUT2D eigenvalue weighted by Gasteiger charge is 2.17. The highest BCUT2D eigenvalue weighted by molar-refractivity contribution is 7.71. The summed E-state index contributed by atoms with van der Waals surface area (Å²) in [6, 6.07) is 9.13. The Hall–Kier alpha value is -2.78. The normalized spacial score (nSPS) is 12.2. The molecule has 142 valence electrons. The van der Waals surface area contributed by atoms with E-state index in [1.165, 1.54) is 0 Å². The second kappa shape index (κ2) is 8.74. The van der Waals surface area contributed by atoms with Gasteiger partial charge in [0, 0.05) is 31.9 Å². The summed E-state index contributed by atoms with van der Waals surface area (Å²) in [5.41, 5.74) is 1.90. The van der Waals surface area contributed by atoms with Crippen molar-refractivity contribution in [2.45, 2.75) is 32.0 Å². The molecule has 27 heavy (non-hydrogen) atoms. The van der Waals surface area contributed by atoms with Gasteiger partial charge in [-0.1, -0.05) is 30.3 Å². The maximum atomic E-state index is 11.6. The summed E-state index contributed by atoms with van der Waals surface area (Å²) in [5, 5.41) is 19.7. The summed E-state index contributed by atoms with van der Waals surface area (Å²) < 4.78 is 4.30.